The van der Waals surface area contributed by atoms with Gasteiger partial charge >= 0.3 is 0 Å². The van der Waals surface area contributed by atoms with Crippen molar-refractivity contribution in [2.75, 3.05) is 0 Å². The van der Waals surface area contributed by atoms with Gasteiger partial charge in [0.05, 0.1) is 23.1 Å². The van der Waals surface area contributed by atoms with Gasteiger partial charge in [-0.25, -0.2) is 10.1 Å². The zero-order chi connectivity index (χ0) is 11.0. The number of hydrogen-bond donors (Lipinski definition) is 2. The zero-order valence-electron chi connectivity index (χ0n) is 8.27. The minimum atomic E-state index is -0.204. The molecule has 0 saturated heterocycles. The standard InChI is InChI=1S/C11H8N4O/c16-11-4-3-8(14-15-11)7-1-2-9-10(5-7)13-6-12-9/h1-6H,(H,12,13)(H,15,16). The maximum Gasteiger partial charge on any atom is 0.264 e. The van der Waals surface area contributed by atoms with Crippen molar-refractivity contribution in [2.45, 2.75) is 0 Å². The average molecular weight is 212 g/mol. The van der Waals surface area contributed by atoms with Crippen LogP contribution >= 0.6 is 0 Å². The first-order chi connectivity index (χ1) is 7.83. The van der Waals surface area contributed by atoms with Crippen LogP contribution in [0.1, 0.15) is 0 Å². The van der Waals surface area contributed by atoms with E-state index in [4.69, 9.17) is 0 Å². The third kappa shape index (κ3) is 1.38. The van der Waals surface area contributed by atoms with Crippen LogP contribution in [0.5, 0.6) is 0 Å². The summed E-state index contributed by atoms with van der Waals surface area (Å²) in [5, 5.41) is 6.37. The highest BCUT2D eigenvalue weighted by atomic mass is 16.1. The summed E-state index contributed by atoms with van der Waals surface area (Å²) in [6, 6.07) is 8.93. The molecule has 0 saturated carbocycles. The highest BCUT2D eigenvalue weighted by Gasteiger charge is 2.02. The van der Waals surface area contributed by atoms with Crippen LogP contribution in [0.2, 0.25) is 0 Å². The molecule has 0 aliphatic heterocycles. The van der Waals surface area contributed by atoms with E-state index in [1.807, 2.05) is 18.2 Å². The Morgan fingerprint density at radius 1 is 1.12 bits per heavy atom. The maximum atomic E-state index is 10.9. The van der Waals surface area contributed by atoms with Gasteiger partial charge < -0.3 is 4.98 Å². The van der Waals surface area contributed by atoms with Crippen LogP contribution in [0.25, 0.3) is 22.3 Å². The third-order valence-corrected chi connectivity index (χ3v) is 2.40. The van der Waals surface area contributed by atoms with Crippen molar-refractivity contribution in [3.8, 4) is 11.3 Å². The second kappa shape index (κ2) is 3.30. The highest BCUT2D eigenvalue weighted by molar-refractivity contribution is 5.80. The molecule has 0 fully saturated rings. The number of nitrogens with one attached hydrogen (secondary N) is 2. The lowest BCUT2D eigenvalue weighted by molar-refractivity contribution is 0.995. The van der Waals surface area contributed by atoms with Gasteiger partial charge in [0, 0.05) is 11.6 Å². The summed E-state index contributed by atoms with van der Waals surface area (Å²) in [6.45, 7) is 0. The number of hydrogen-bond acceptors (Lipinski definition) is 3. The molecule has 3 aromatic rings. The molecule has 2 N–H and O–H groups in total. The van der Waals surface area contributed by atoms with Crippen molar-refractivity contribution in [1.82, 2.24) is 20.2 Å². The number of benzene rings is 1. The molecule has 0 spiro atoms. The Bertz CT molecular complexity index is 678. The number of aromatic nitrogens is 4. The molecular formula is C11H8N4O. The summed E-state index contributed by atoms with van der Waals surface area (Å²) in [6.07, 6.45) is 1.65. The number of H-pyrrole nitrogens is 2. The van der Waals surface area contributed by atoms with E-state index in [1.165, 1.54) is 6.07 Å². The van der Waals surface area contributed by atoms with Gasteiger partial charge in [-0.1, -0.05) is 6.07 Å². The molecule has 0 aliphatic carbocycles. The Balaban J connectivity index is 2.17. The highest BCUT2D eigenvalue weighted by Crippen LogP contribution is 2.19. The van der Waals surface area contributed by atoms with Crippen molar-refractivity contribution in [3.05, 3.63) is 47.0 Å². The van der Waals surface area contributed by atoms with Crippen molar-refractivity contribution in [3.63, 3.8) is 0 Å². The normalized spacial score (nSPS) is 10.8. The number of rotatable bonds is 1. The zero-order valence-corrected chi connectivity index (χ0v) is 8.27. The van der Waals surface area contributed by atoms with E-state index in [-0.39, 0.29) is 5.56 Å². The molecule has 0 unspecified atom stereocenters. The molecule has 2 aromatic heterocycles. The van der Waals surface area contributed by atoms with Gasteiger partial charge in [0.1, 0.15) is 0 Å². The molecule has 1 aromatic carbocycles. The first kappa shape index (κ1) is 8.84. The van der Waals surface area contributed by atoms with Gasteiger partial charge in [0.2, 0.25) is 0 Å². The molecular weight excluding hydrogens is 204 g/mol. The Morgan fingerprint density at radius 3 is 2.88 bits per heavy atom. The van der Waals surface area contributed by atoms with E-state index in [0.29, 0.717) is 0 Å². The fourth-order valence-electron chi connectivity index (χ4n) is 1.60. The van der Waals surface area contributed by atoms with E-state index in [2.05, 4.69) is 20.2 Å². The minimum Gasteiger partial charge on any atom is -0.345 e. The lowest BCUT2D eigenvalue weighted by atomic mass is 10.1. The summed E-state index contributed by atoms with van der Waals surface area (Å²) in [5.41, 5.74) is 3.31. The molecule has 5 nitrogen and oxygen atoms in total. The van der Waals surface area contributed by atoms with Gasteiger partial charge in [-0.05, 0) is 18.2 Å². The van der Waals surface area contributed by atoms with Crippen LogP contribution in [0, 0.1) is 0 Å². The van der Waals surface area contributed by atoms with Crippen LogP contribution in [-0.2, 0) is 0 Å². The van der Waals surface area contributed by atoms with Crippen molar-refractivity contribution < 1.29 is 0 Å². The topological polar surface area (TPSA) is 74.4 Å². The molecule has 16 heavy (non-hydrogen) atoms. The fourth-order valence-corrected chi connectivity index (χ4v) is 1.60. The van der Waals surface area contributed by atoms with Crippen LogP contribution in [0.3, 0.4) is 0 Å². The minimum absolute atomic E-state index is 0.204. The Labute approximate surface area is 90.2 Å². The van der Waals surface area contributed by atoms with Gasteiger partial charge in [-0.15, -0.1) is 0 Å². The molecule has 0 radical (unpaired) electrons. The maximum absolute atomic E-state index is 10.9. The molecule has 0 atom stereocenters. The summed E-state index contributed by atoms with van der Waals surface area (Å²) in [7, 11) is 0. The van der Waals surface area contributed by atoms with Crippen LogP contribution in [-0.4, -0.2) is 20.2 Å². The van der Waals surface area contributed by atoms with E-state index in [9.17, 15) is 4.79 Å². The Kier molecular flexibility index (Phi) is 1.83. The van der Waals surface area contributed by atoms with Crippen LogP contribution < -0.4 is 5.56 Å². The van der Waals surface area contributed by atoms with Crippen molar-refractivity contribution in [2.24, 2.45) is 0 Å². The van der Waals surface area contributed by atoms with Crippen molar-refractivity contribution >= 4 is 11.0 Å². The molecule has 5 heteroatoms. The van der Waals surface area contributed by atoms with Gasteiger partial charge in [0.15, 0.2) is 0 Å². The SMILES string of the molecule is O=c1ccc(-c2ccc3[nH]cnc3c2)n[nH]1. The predicted molar refractivity (Wildman–Crippen MR) is 59.9 cm³/mol. The second-order valence-corrected chi connectivity index (χ2v) is 3.44. The Morgan fingerprint density at radius 2 is 2.06 bits per heavy atom. The quantitative estimate of drug-likeness (QED) is 0.638. The molecule has 0 amide bonds. The predicted octanol–water partition coefficient (Wildman–Crippen LogP) is 1.31. The van der Waals surface area contributed by atoms with E-state index in [0.717, 1.165) is 22.3 Å². The van der Waals surface area contributed by atoms with E-state index < -0.39 is 0 Å². The smallest absolute Gasteiger partial charge is 0.264 e. The van der Waals surface area contributed by atoms with Gasteiger partial charge in [-0.2, -0.15) is 5.10 Å². The number of aromatic amines is 2. The third-order valence-electron chi connectivity index (χ3n) is 2.40. The first-order valence-corrected chi connectivity index (χ1v) is 4.82. The lowest BCUT2D eigenvalue weighted by Gasteiger charge is -1.98. The summed E-state index contributed by atoms with van der Waals surface area (Å²) in [5.74, 6) is 0. The molecule has 0 bridgehead atoms. The van der Waals surface area contributed by atoms with E-state index in [1.54, 1.807) is 12.4 Å². The van der Waals surface area contributed by atoms with Gasteiger partial charge in [-0.3, -0.25) is 4.79 Å². The number of fused-ring (bicyclic) bond motifs is 1. The second-order valence-electron chi connectivity index (χ2n) is 3.44. The molecule has 78 valence electrons. The summed E-state index contributed by atoms with van der Waals surface area (Å²) < 4.78 is 0. The largest absolute Gasteiger partial charge is 0.345 e. The molecule has 3 rings (SSSR count). The summed E-state index contributed by atoms with van der Waals surface area (Å²) in [4.78, 5) is 18.1. The van der Waals surface area contributed by atoms with Crippen LogP contribution in [0.4, 0.5) is 0 Å². The summed E-state index contributed by atoms with van der Waals surface area (Å²) >= 11 is 0. The molecule has 2 heterocycles. The fraction of sp³-hybridized carbons (Fsp3) is 0. The lowest BCUT2D eigenvalue weighted by Crippen LogP contribution is -2.05. The monoisotopic (exact) mass is 212 g/mol. The van der Waals surface area contributed by atoms with E-state index >= 15 is 0 Å². The van der Waals surface area contributed by atoms with Crippen molar-refractivity contribution in [1.29, 1.82) is 0 Å². The van der Waals surface area contributed by atoms with Crippen LogP contribution in [0.15, 0.2) is 41.5 Å². The molecule has 0 aliphatic rings. The Hall–Kier alpha value is -2.43. The average Bonchev–Trinajstić information content (AvgIpc) is 2.77. The number of imidazole rings is 1. The number of nitrogens with zero attached hydrogens (tertiary/aromatic N) is 2. The first-order valence-electron chi connectivity index (χ1n) is 4.82. The van der Waals surface area contributed by atoms with Gasteiger partial charge in [0.25, 0.3) is 5.56 Å².